The summed E-state index contributed by atoms with van der Waals surface area (Å²) in [6, 6.07) is 8.31. The maximum Gasteiger partial charge on any atom is 0.271 e. The zero-order valence-electron chi connectivity index (χ0n) is 13.7. The maximum atomic E-state index is 13.0. The van der Waals surface area contributed by atoms with Gasteiger partial charge in [-0.15, -0.1) is 6.58 Å². The van der Waals surface area contributed by atoms with Gasteiger partial charge in [0.1, 0.15) is 0 Å². The molecule has 0 aliphatic heterocycles. The average molecular weight is 377 g/mol. The van der Waals surface area contributed by atoms with Crippen molar-refractivity contribution >= 4 is 27.1 Å². The molecule has 136 valence electrons. The van der Waals surface area contributed by atoms with Gasteiger partial charge in [-0.2, -0.15) is 0 Å². The Morgan fingerprint density at radius 3 is 2.08 bits per heavy atom. The van der Waals surface area contributed by atoms with Gasteiger partial charge in [-0.3, -0.25) is 24.5 Å². The molecular formula is C16H15N3O6S. The van der Waals surface area contributed by atoms with Crippen molar-refractivity contribution in [2.75, 3.05) is 10.8 Å². The summed E-state index contributed by atoms with van der Waals surface area (Å²) in [5, 5.41) is 21.8. The van der Waals surface area contributed by atoms with Crippen LogP contribution in [0, 0.1) is 27.2 Å². The van der Waals surface area contributed by atoms with Crippen molar-refractivity contribution < 1.29 is 18.3 Å². The second-order valence-corrected chi connectivity index (χ2v) is 7.17. The summed E-state index contributed by atoms with van der Waals surface area (Å²) in [6.07, 6.45) is 1.35. The molecule has 0 aliphatic carbocycles. The number of anilines is 1. The molecule has 0 N–H and O–H groups in total. The quantitative estimate of drug-likeness (QED) is 0.415. The predicted molar refractivity (Wildman–Crippen MR) is 95.7 cm³/mol. The minimum Gasteiger partial charge on any atom is -0.262 e. The van der Waals surface area contributed by atoms with E-state index in [9.17, 15) is 28.6 Å². The van der Waals surface area contributed by atoms with E-state index in [-0.39, 0.29) is 28.5 Å². The SMILES string of the molecule is C=CCN(c1cc([N+](=O)[O-])ccc1C)S(=O)(=O)c1ccc([N+](=O)[O-])cc1. The maximum absolute atomic E-state index is 13.0. The number of nitrogens with zero attached hydrogens (tertiary/aromatic N) is 3. The predicted octanol–water partition coefficient (Wildman–Crippen LogP) is 3.19. The number of non-ortho nitro benzene ring substituents is 2. The fourth-order valence-electron chi connectivity index (χ4n) is 2.29. The summed E-state index contributed by atoms with van der Waals surface area (Å²) >= 11 is 0. The lowest BCUT2D eigenvalue weighted by atomic mass is 10.2. The van der Waals surface area contributed by atoms with Gasteiger partial charge in [-0.25, -0.2) is 8.42 Å². The number of hydrogen-bond acceptors (Lipinski definition) is 6. The van der Waals surface area contributed by atoms with Gasteiger partial charge >= 0.3 is 0 Å². The van der Waals surface area contributed by atoms with Crippen LogP contribution in [0.5, 0.6) is 0 Å². The molecule has 0 heterocycles. The summed E-state index contributed by atoms with van der Waals surface area (Å²) in [4.78, 5) is 20.3. The van der Waals surface area contributed by atoms with Crippen molar-refractivity contribution in [2.45, 2.75) is 11.8 Å². The van der Waals surface area contributed by atoms with Crippen LogP contribution in [0.4, 0.5) is 17.1 Å². The Hall–Kier alpha value is -3.27. The molecule has 0 saturated carbocycles. The van der Waals surface area contributed by atoms with Crippen molar-refractivity contribution in [2.24, 2.45) is 0 Å². The van der Waals surface area contributed by atoms with Crippen molar-refractivity contribution in [1.82, 2.24) is 0 Å². The lowest BCUT2D eigenvalue weighted by Crippen LogP contribution is -2.31. The molecule has 0 spiro atoms. The number of hydrogen-bond donors (Lipinski definition) is 0. The lowest BCUT2D eigenvalue weighted by molar-refractivity contribution is -0.385. The molecular weight excluding hydrogens is 362 g/mol. The molecule has 0 radical (unpaired) electrons. The zero-order valence-corrected chi connectivity index (χ0v) is 14.5. The van der Waals surface area contributed by atoms with Crippen molar-refractivity contribution in [1.29, 1.82) is 0 Å². The van der Waals surface area contributed by atoms with Crippen LogP contribution in [-0.2, 0) is 10.0 Å². The van der Waals surface area contributed by atoms with E-state index in [4.69, 9.17) is 0 Å². The molecule has 0 aromatic heterocycles. The van der Waals surface area contributed by atoms with Crippen molar-refractivity contribution in [3.8, 4) is 0 Å². The Morgan fingerprint density at radius 2 is 1.58 bits per heavy atom. The number of nitro benzene ring substituents is 2. The van der Waals surface area contributed by atoms with Crippen molar-refractivity contribution in [3.63, 3.8) is 0 Å². The first-order valence-electron chi connectivity index (χ1n) is 7.31. The number of aryl methyl sites for hydroxylation is 1. The summed E-state index contributed by atoms with van der Waals surface area (Å²) in [5.74, 6) is 0. The van der Waals surface area contributed by atoms with E-state index >= 15 is 0 Å². The van der Waals surface area contributed by atoms with Gasteiger partial charge in [0.2, 0.25) is 0 Å². The molecule has 2 aromatic rings. The fourth-order valence-corrected chi connectivity index (χ4v) is 3.78. The van der Waals surface area contributed by atoms with Gasteiger partial charge in [0, 0.05) is 24.3 Å². The van der Waals surface area contributed by atoms with Crippen LogP contribution in [0.3, 0.4) is 0 Å². The van der Waals surface area contributed by atoms with Gasteiger partial charge in [0.25, 0.3) is 21.4 Å². The smallest absolute Gasteiger partial charge is 0.262 e. The van der Waals surface area contributed by atoms with Gasteiger partial charge in [0.05, 0.1) is 27.0 Å². The molecule has 0 saturated heterocycles. The van der Waals surface area contributed by atoms with Crippen LogP contribution in [0.25, 0.3) is 0 Å². The standard InChI is InChI=1S/C16H15N3O6S/c1-3-10-17(16-11-14(19(22)23)5-4-12(16)2)26(24,25)15-8-6-13(7-9-15)18(20)21/h3-9,11H,1,10H2,2H3. The van der Waals surface area contributed by atoms with Crippen LogP contribution in [0.2, 0.25) is 0 Å². The summed E-state index contributed by atoms with van der Waals surface area (Å²) in [5.41, 5.74) is 0.157. The fraction of sp³-hybridized carbons (Fsp3) is 0.125. The lowest BCUT2D eigenvalue weighted by Gasteiger charge is -2.24. The Balaban J connectivity index is 2.58. The third-order valence-corrected chi connectivity index (χ3v) is 5.40. The first kappa shape index (κ1) is 19.1. The number of rotatable bonds is 7. The summed E-state index contributed by atoms with van der Waals surface area (Å²) < 4.78 is 26.9. The van der Waals surface area contributed by atoms with Crippen molar-refractivity contribution in [3.05, 3.63) is 80.9 Å². The first-order chi connectivity index (χ1) is 12.2. The minimum absolute atomic E-state index is 0.124. The molecule has 0 amide bonds. The summed E-state index contributed by atoms with van der Waals surface area (Å²) in [7, 11) is -4.11. The van der Waals surface area contributed by atoms with Crippen LogP contribution >= 0.6 is 0 Å². The zero-order chi connectivity index (χ0) is 19.5. The number of nitro groups is 2. The van der Waals surface area contributed by atoms with E-state index in [1.54, 1.807) is 6.92 Å². The highest BCUT2D eigenvalue weighted by atomic mass is 32.2. The van der Waals surface area contributed by atoms with Gasteiger partial charge < -0.3 is 0 Å². The topological polar surface area (TPSA) is 124 Å². The second kappa shape index (κ2) is 7.31. The molecule has 0 unspecified atom stereocenters. The second-order valence-electron chi connectivity index (χ2n) is 5.30. The Labute approximate surface area is 149 Å². The molecule has 2 aromatic carbocycles. The van der Waals surface area contributed by atoms with E-state index in [1.165, 1.54) is 24.3 Å². The minimum atomic E-state index is -4.11. The molecule has 26 heavy (non-hydrogen) atoms. The van der Waals surface area contributed by atoms with E-state index < -0.39 is 19.9 Å². The monoisotopic (exact) mass is 377 g/mol. The summed E-state index contributed by atoms with van der Waals surface area (Å²) in [6.45, 7) is 5.03. The third-order valence-electron chi connectivity index (χ3n) is 3.60. The van der Waals surface area contributed by atoms with E-state index in [2.05, 4.69) is 6.58 Å². The highest BCUT2D eigenvalue weighted by molar-refractivity contribution is 7.92. The van der Waals surface area contributed by atoms with E-state index in [0.29, 0.717) is 5.56 Å². The molecule has 0 bridgehead atoms. The molecule has 10 heteroatoms. The molecule has 2 rings (SSSR count). The Kier molecular flexibility index (Phi) is 5.36. The van der Waals surface area contributed by atoms with Gasteiger partial charge in [-0.1, -0.05) is 12.1 Å². The van der Waals surface area contributed by atoms with Gasteiger partial charge in [0.15, 0.2) is 0 Å². The number of sulfonamides is 1. The highest BCUT2D eigenvalue weighted by Crippen LogP contribution is 2.30. The molecule has 9 nitrogen and oxygen atoms in total. The van der Waals surface area contributed by atoms with E-state index in [0.717, 1.165) is 28.6 Å². The highest BCUT2D eigenvalue weighted by Gasteiger charge is 2.27. The van der Waals surface area contributed by atoms with Gasteiger partial charge in [-0.05, 0) is 24.6 Å². The Bertz CT molecular complexity index is 970. The van der Waals surface area contributed by atoms with E-state index in [1.807, 2.05) is 0 Å². The third kappa shape index (κ3) is 3.70. The Morgan fingerprint density at radius 1 is 1.04 bits per heavy atom. The largest absolute Gasteiger partial charge is 0.271 e. The normalized spacial score (nSPS) is 11.0. The molecule has 0 atom stereocenters. The average Bonchev–Trinajstić information content (AvgIpc) is 2.60. The molecule has 0 fully saturated rings. The number of benzene rings is 2. The van der Waals surface area contributed by atoms with Crippen LogP contribution in [-0.4, -0.2) is 24.8 Å². The van der Waals surface area contributed by atoms with Crippen LogP contribution in [0.15, 0.2) is 60.0 Å². The van der Waals surface area contributed by atoms with Crippen LogP contribution in [0.1, 0.15) is 5.56 Å². The van der Waals surface area contributed by atoms with Crippen LogP contribution < -0.4 is 4.31 Å². The first-order valence-corrected chi connectivity index (χ1v) is 8.75. The molecule has 0 aliphatic rings.